The monoisotopic (exact) mass is 1220 g/mol. The minimum absolute atomic E-state index is 0. The van der Waals surface area contributed by atoms with E-state index >= 15 is 0 Å². The Morgan fingerprint density at radius 2 is 0.897 bits per heavy atom. The van der Waals surface area contributed by atoms with Crippen molar-refractivity contribution in [2.45, 2.75) is 43.9 Å². The molecule has 0 atom stereocenters. The van der Waals surface area contributed by atoms with Gasteiger partial charge in [0.2, 0.25) is 6.20 Å². The summed E-state index contributed by atoms with van der Waals surface area (Å²) in [7, 11) is 24.4. The molecule has 0 saturated carbocycles. The van der Waals surface area contributed by atoms with E-state index in [2.05, 4.69) is 144 Å². The largest absolute Gasteiger partial charge is 1.00 e. The number of fused-ring (bicyclic) bond motifs is 1. The minimum atomic E-state index is -1.26. The first-order valence-corrected chi connectivity index (χ1v) is 29.8. The molecule has 1 fully saturated rings. The van der Waals surface area contributed by atoms with Crippen LogP contribution in [0, 0.1) is 11.6 Å². The molecule has 13 nitrogen and oxygen atoms in total. The molecule has 0 amide bonds. The van der Waals surface area contributed by atoms with Gasteiger partial charge in [0.15, 0.2) is 0 Å². The molecule has 10 rings (SSSR count). The van der Waals surface area contributed by atoms with Crippen LogP contribution >= 0.6 is 23.6 Å². The van der Waals surface area contributed by atoms with Crippen LogP contribution in [-0.4, -0.2) is 108 Å². The molecule has 6 aromatic carbocycles. The Morgan fingerprint density at radius 1 is 0.563 bits per heavy atom. The zero-order valence-corrected chi connectivity index (χ0v) is 55.7. The van der Waals surface area contributed by atoms with Crippen LogP contribution in [0.2, 0.25) is 0 Å². The third kappa shape index (κ3) is 19.8. The third-order valence-electron chi connectivity index (χ3n) is 14.3. The molecule has 0 radical (unpaired) electrons. The smallest absolute Gasteiger partial charge is 1.00 e. The van der Waals surface area contributed by atoms with Gasteiger partial charge in [-0.05, 0) is 137 Å². The number of hydrogen-bond acceptors (Lipinski definition) is 13. The molecule has 0 unspecified atom stereocenters. The number of hydrogen-bond donors (Lipinski definition) is 0. The number of benzene rings is 6. The number of nitrogens with zero attached hydrogens (tertiary/aromatic N) is 8. The van der Waals surface area contributed by atoms with Gasteiger partial charge >= 0.3 is 34.6 Å². The molecule has 0 N–H and O–H groups in total. The maximum absolute atomic E-state index is 14.5. The average molecular weight is 1230 g/mol. The summed E-state index contributed by atoms with van der Waals surface area (Å²) in [6.07, 6.45) is 8.19. The zero-order chi connectivity index (χ0) is 61.6. The van der Waals surface area contributed by atoms with Crippen molar-refractivity contribution in [1.82, 2.24) is 4.73 Å². The number of carbonyl (C=O) groups excluding carboxylic acids is 1. The van der Waals surface area contributed by atoms with Gasteiger partial charge in [0.05, 0.1) is 0 Å². The van der Waals surface area contributed by atoms with Gasteiger partial charge < -0.3 is 58.3 Å². The van der Waals surface area contributed by atoms with Crippen molar-refractivity contribution in [3.05, 3.63) is 249 Å². The van der Waals surface area contributed by atoms with Crippen molar-refractivity contribution in [3.63, 3.8) is 0 Å². The SMILES string of the molecule is C1CCOC1.CN(C)c1ccc(C(C(=O)On2ccccc2=S)(c2ccc(N(C)C)cc2)c2ccc(N(C)C)cc2)cc1.CN(C)c1ccc(C(c2ccc(N(C)C)cc2)c2ccc(N(C)C)cc2)cc1.O=c1o[n+]2ccccc2s1.[CH2-]CCC.[Cl-].[Li+]. The molecule has 9 aromatic rings. The predicted molar refractivity (Wildman–Crippen MR) is 359 cm³/mol. The predicted octanol–water partition coefficient (Wildman–Crippen LogP) is 7.34. The molecular weight excluding hydrogens is 1140 g/mol. The maximum Gasteiger partial charge on any atom is 1.00 e. The third-order valence-corrected chi connectivity index (χ3v) is 15.4. The standard InChI is InChI=1S/C31H34N4O2S.C25H31N3.C6H4NO2S.C4H8O.C4H9.ClH.Li/c1-32(2)26-16-10-23(11-17-26)31(24-12-18-27(19-13-24)33(3)4,25-14-20-28(21-15-25)34(5)6)30(36)37-35-22-8-7-9-29(35)38;1-26(2)22-13-7-19(8-14-22)25(20-9-15-23(16-10-20)27(3)4)21-11-17-24(18-12-21)28(5)6;8-6-9-7-4-2-1-3-5(7)10-6;1-2-4-5-3-1;1-3-4-2;;/h7-22H,1-6H3;7-18,25H,1-6H3;1-4H;1-4H2;1,3-4H2,2H3;1H;/q;;+1;;-1;;+1/p-1. The molecule has 1 saturated heterocycles. The number of anilines is 6. The zero-order valence-electron chi connectivity index (χ0n) is 53.3. The molecule has 17 heteroatoms. The van der Waals surface area contributed by atoms with Crippen molar-refractivity contribution in [2.24, 2.45) is 0 Å². The summed E-state index contributed by atoms with van der Waals surface area (Å²) in [5.74, 6) is -0.240. The number of ether oxygens (including phenoxy) is 1. The minimum Gasteiger partial charge on any atom is -1.00 e. The molecule has 87 heavy (non-hydrogen) atoms. The van der Waals surface area contributed by atoms with Gasteiger partial charge in [-0.15, -0.1) is 0 Å². The van der Waals surface area contributed by atoms with Crippen LogP contribution in [0.3, 0.4) is 0 Å². The summed E-state index contributed by atoms with van der Waals surface area (Å²) in [5.41, 5.74) is 11.8. The fourth-order valence-electron chi connectivity index (χ4n) is 9.26. The van der Waals surface area contributed by atoms with Crippen LogP contribution in [0.25, 0.3) is 4.83 Å². The number of rotatable bonds is 15. The van der Waals surface area contributed by atoms with E-state index in [4.69, 9.17) is 26.3 Å². The van der Waals surface area contributed by atoms with E-state index in [0.717, 1.165) is 69.6 Å². The Kier molecular flexibility index (Phi) is 29.4. The normalized spacial score (nSPS) is 11.3. The van der Waals surface area contributed by atoms with Gasteiger partial charge in [0, 0.05) is 172 Å². The molecule has 0 aliphatic carbocycles. The number of halogens is 1. The summed E-state index contributed by atoms with van der Waals surface area (Å²) >= 11 is 6.54. The number of carbonyl (C=O) groups is 1. The molecule has 0 spiro atoms. The summed E-state index contributed by atoms with van der Waals surface area (Å²) in [5, 5.41) is 0. The summed E-state index contributed by atoms with van der Waals surface area (Å²) in [6, 6.07) is 61.7. The Labute approximate surface area is 544 Å². The maximum atomic E-state index is 14.5. The van der Waals surface area contributed by atoms with Gasteiger partial charge in [-0.3, -0.25) is 0 Å². The first kappa shape index (κ1) is 72.1. The van der Waals surface area contributed by atoms with E-state index in [1.165, 1.54) is 62.3 Å². The fourth-order valence-corrected chi connectivity index (χ4v) is 10.1. The summed E-state index contributed by atoms with van der Waals surface area (Å²) in [4.78, 5) is 44.3. The van der Waals surface area contributed by atoms with Gasteiger partial charge in [-0.2, -0.15) is 15.7 Å². The molecular formula is C70H86ClLiN8O5S2. The van der Waals surface area contributed by atoms with Crippen molar-refractivity contribution in [2.75, 3.05) is 127 Å². The van der Waals surface area contributed by atoms with Gasteiger partial charge in [0.25, 0.3) is 0 Å². The molecule has 4 heterocycles. The molecule has 3 aromatic heterocycles. The van der Waals surface area contributed by atoms with Gasteiger partial charge in [-0.25, -0.2) is 9.59 Å². The molecule has 0 bridgehead atoms. The van der Waals surface area contributed by atoms with Crippen LogP contribution in [-0.2, 0) is 14.9 Å². The van der Waals surface area contributed by atoms with Crippen molar-refractivity contribution < 1.29 is 54.7 Å². The molecule has 1 aliphatic rings. The quantitative estimate of drug-likeness (QED) is 0.0339. The topological polar surface area (TPSA) is 94.2 Å². The second kappa shape index (κ2) is 35.5. The van der Waals surface area contributed by atoms with Crippen LogP contribution in [0.5, 0.6) is 0 Å². The van der Waals surface area contributed by atoms with E-state index in [-0.39, 0.29) is 42.1 Å². The fraction of sp³-hybridized carbons (Fsp3) is 0.300. The second-order valence-corrected chi connectivity index (χ2v) is 23.1. The van der Waals surface area contributed by atoms with Crippen LogP contribution in [0.15, 0.2) is 204 Å². The van der Waals surface area contributed by atoms with Crippen LogP contribution < -0.4 is 75.0 Å². The van der Waals surface area contributed by atoms with Crippen LogP contribution in [0.1, 0.15) is 71.9 Å². The van der Waals surface area contributed by atoms with Gasteiger partial charge in [-0.1, -0.05) is 104 Å². The second-order valence-electron chi connectivity index (χ2n) is 21.7. The Morgan fingerprint density at radius 3 is 1.18 bits per heavy atom. The van der Waals surface area contributed by atoms with E-state index in [0.29, 0.717) is 4.64 Å². The van der Waals surface area contributed by atoms with E-state index < -0.39 is 11.4 Å². The van der Waals surface area contributed by atoms with Crippen molar-refractivity contribution in [3.8, 4) is 0 Å². The van der Waals surface area contributed by atoms with Crippen LogP contribution in [0.4, 0.5) is 34.1 Å². The number of unbranched alkanes of at least 4 members (excludes halogenated alkanes) is 1. The van der Waals surface area contributed by atoms with E-state index in [1.54, 1.807) is 24.5 Å². The molecule has 456 valence electrons. The van der Waals surface area contributed by atoms with Crippen molar-refractivity contribution in [1.29, 1.82) is 0 Å². The Bertz CT molecular complexity index is 3260. The van der Waals surface area contributed by atoms with Gasteiger partial charge in [0.1, 0.15) is 10.1 Å². The van der Waals surface area contributed by atoms with E-state index in [1.807, 2.05) is 154 Å². The summed E-state index contributed by atoms with van der Waals surface area (Å²) in [6.45, 7) is 7.72. The average Bonchev–Trinajstić information content (AvgIpc) is 1.39. The Balaban J connectivity index is 0.000000285. The van der Waals surface area contributed by atoms with Crippen molar-refractivity contribution >= 4 is 68.5 Å². The van der Waals surface area contributed by atoms with E-state index in [9.17, 15) is 9.59 Å². The first-order chi connectivity index (χ1) is 40.8. The number of aromatic nitrogens is 2. The Hall–Kier alpha value is -7.35. The number of pyridine rings is 2. The first-order valence-electron chi connectivity index (χ1n) is 28.6. The molecule has 1 aliphatic heterocycles. The summed E-state index contributed by atoms with van der Waals surface area (Å²) < 4.78 is 12.9.